The monoisotopic (exact) mass is 517 g/mol. The summed E-state index contributed by atoms with van der Waals surface area (Å²) in [6.45, 7) is 6.11. The number of H-pyrrole nitrogens is 1. The Hall–Kier alpha value is -3.08. The van der Waals surface area contributed by atoms with Crippen LogP contribution in [0.25, 0.3) is 21.1 Å². The molecular weight excluding hydrogens is 486 g/mol. The van der Waals surface area contributed by atoms with E-state index in [2.05, 4.69) is 31.0 Å². The zero-order chi connectivity index (χ0) is 24.8. The number of aromatic nitrogens is 4. The maximum absolute atomic E-state index is 13.3. The Morgan fingerprint density at radius 2 is 1.95 bits per heavy atom. The summed E-state index contributed by atoms with van der Waals surface area (Å²) >= 11 is 1.50. The molecule has 1 atom stereocenters. The molecule has 3 aliphatic heterocycles. The second kappa shape index (κ2) is 9.66. The van der Waals surface area contributed by atoms with E-state index in [4.69, 9.17) is 9.72 Å². The third-order valence-corrected chi connectivity index (χ3v) is 9.14. The Balaban J connectivity index is 1.06. The summed E-state index contributed by atoms with van der Waals surface area (Å²) in [4.78, 5) is 30.4. The molecule has 37 heavy (non-hydrogen) atoms. The molecule has 1 N–H and O–H groups in total. The summed E-state index contributed by atoms with van der Waals surface area (Å²) in [6.07, 6.45) is 8.41. The van der Waals surface area contributed by atoms with Gasteiger partial charge in [-0.15, -0.1) is 11.3 Å². The highest BCUT2D eigenvalue weighted by Gasteiger charge is 2.30. The van der Waals surface area contributed by atoms with Crippen LogP contribution < -0.4 is 4.90 Å². The summed E-state index contributed by atoms with van der Waals surface area (Å²) in [5, 5.41) is 8.30. The highest BCUT2D eigenvalue weighted by molar-refractivity contribution is 7.20. The van der Waals surface area contributed by atoms with Gasteiger partial charge in [0.2, 0.25) is 5.95 Å². The summed E-state index contributed by atoms with van der Waals surface area (Å²) < 4.78 is 7.08. The van der Waals surface area contributed by atoms with Gasteiger partial charge < -0.3 is 19.4 Å². The van der Waals surface area contributed by atoms with E-state index in [1.54, 1.807) is 0 Å². The fraction of sp³-hybridized carbons (Fsp3) is 0.481. The molecule has 3 aliphatic rings. The molecule has 6 heterocycles. The minimum Gasteiger partial charge on any atom is -0.370 e. The number of nitrogens with one attached hydrogen (secondary N) is 1. The molecule has 192 valence electrons. The maximum atomic E-state index is 13.3. The van der Waals surface area contributed by atoms with Crippen LogP contribution in [0.15, 0.2) is 36.7 Å². The maximum Gasteiger partial charge on any atom is 0.264 e. The topological polar surface area (TPSA) is 90.5 Å². The minimum absolute atomic E-state index is 0.0857. The van der Waals surface area contributed by atoms with Crippen molar-refractivity contribution < 1.29 is 9.53 Å². The fourth-order valence-corrected chi connectivity index (χ4v) is 7.01. The first-order chi connectivity index (χ1) is 18.2. The number of fused-ring (bicyclic) bond motifs is 2. The zero-order valence-electron chi connectivity index (χ0n) is 20.8. The molecule has 0 aliphatic carbocycles. The molecule has 0 bridgehead atoms. The van der Waals surface area contributed by atoms with Gasteiger partial charge in [-0.1, -0.05) is 12.1 Å². The SMILES string of the molecule is O=C(c1cc2nc(N3CCOC(c4cccc5[nH]ncc45)C3)ncc2s1)N1CCC(N2CCCC2)CC1. The number of benzene rings is 1. The fourth-order valence-electron chi connectivity index (χ4n) is 6.07. The van der Waals surface area contributed by atoms with Crippen LogP contribution in [0.3, 0.4) is 0 Å². The number of nitrogens with zero attached hydrogens (tertiary/aromatic N) is 6. The summed E-state index contributed by atoms with van der Waals surface area (Å²) in [5.74, 6) is 0.812. The quantitative estimate of drug-likeness (QED) is 0.440. The van der Waals surface area contributed by atoms with Crippen molar-refractivity contribution in [2.45, 2.75) is 37.8 Å². The number of likely N-dealkylation sites (tertiary alicyclic amines) is 2. The van der Waals surface area contributed by atoms with Crippen LogP contribution in [0.5, 0.6) is 0 Å². The Morgan fingerprint density at radius 1 is 1.08 bits per heavy atom. The molecule has 10 heteroatoms. The Labute approximate surface area is 219 Å². The number of carbonyl (C=O) groups excluding carboxylic acids is 1. The van der Waals surface area contributed by atoms with Gasteiger partial charge in [0.1, 0.15) is 6.10 Å². The number of carbonyl (C=O) groups is 1. The first kappa shape index (κ1) is 23.1. The molecule has 9 nitrogen and oxygen atoms in total. The van der Waals surface area contributed by atoms with Crippen molar-refractivity contribution in [3.05, 3.63) is 47.1 Å². The Kier molecular flexibility index (Phi) is 6.02. The van der Waals surface area contributed by atoms with Crippen LogP contribution in [-0.4, -0.2) is 87.8 Å². The minimum atomic E-state index is -0.0857. The van der Waals surface area contributed by atoms with Gasteiger partial charge in [-0.05, 0) is 56.5 Å². The summed E-state index contributed by atoms with van der Waals surface area (Å²) in [6, 6.07) is 8.74. The largest absolute Gasteiger partial charge is 0.370 e. The zero-order valence-corrected chi connectivity index (χ0v) is 21.6. The standard InChI is InChI=1S/C27H31N7O2S/c35-26(33-10-6-18(7-11-33)32-8-1-2-9-32)24-14-22-25(37-24)16-28-27(30-22)34-12-13-36-23(17-34)19-4-3-5-21-20(19)15-29-31-21/h3-5,14-16,18,23H,1-2,6-13,17H2,(H,29,31). The van der Waals surface area contributed by atoms with E-state index >= 15 is 0 Å². The molecule has 1 amide bonds. The number of amides is 1. The Morgan fingerprint density at radius 3 is 2.81 bits per heavy atom. The van der Waals surface area contributed by atoms with Crippen LogP contribution in [0, 0.1) is 0 Å². The number of thiophene rings is 1. The number of anilines is 1. The van der Waals surface area contributed by atoms with Crippen molar-refractivity contribution in [3.8, 4) is 0 Å². The number of hydrogen-bond donors (Lipinski definition) is 1. The van der Waals surface area contributed by atoms with Gasteiger partial charge >= 0.3 is 0 Å². The average molecular weight is 518 g/mol. The van der Waals surface area contributed by atoms with E-state index in [-0.39, 0.29) is 12.0 Å². The first-order valence-corrected chi connectivity index (χ1v) is 14.1. The van der Waals surface area contributed by atoms with E-state index in [9.17, 15) is 4.79 Å². The van der Waals surface area contributed by atoms with Crippen molar-refractivity contribution in [1.82, 2.24) is 30.0 Å². The van der Waals surface area contributed by atoms with Crippen molar-refractivity contribution in [2.24, 2.45) is 0 Å². The predicted molar refractivity (Wildman–Crippen MR) is 144 cm³/mol. The van der Waals surface area contributed by atoms with Crippen LogP contribution in [0.2, 0.25) is 0 Å². The molecule has 3 aromatic heterocycles. The smallest absolute Gasteiger partial charge is 0.264 e. The lowest BCUT2D eigenvalue weighted by molar-refractivity contribution is 0.0402. The highest BCUT2D eigenvalue weighted by Crippen LogP contribution is 2.32. The molecule has 0 saturated carbocycles. The normalized spacial score (nSPS) is 21.9. The molecule has 3 fully saturated rings. The van der Waals surface area contributed by atoms with Gasteiger partial charge in [0, 0.05) is 31.1 Å². The van der Waals surface area contributed by atoms with E-state index < -0.39 is 0 Å². The van der Waals surface area contributed by atoms with E-state index in [1.165, 1.54) is 37.3 Å². The predicted octanol–water partition coefficient (Wildman–Crippen LogP) is 3.85. The van der Waals surface area contributed by atoms with Gasteiger partial charge in [-0.25, -0.2) is 9.97 Å². The van der Waals surface area contributed by atoms with Crippen LogP contribution in [-0.2, 0) is 4.74 Å². The molecule has 1 unspecified atom stereocenters. The number of hydrogen-bond acceptors (Lipinski definition) is 8. The molecule has 3 saturated heterocycles. The van der Waals surface area contributed by atoms with Gasteiger partial charge in [0.05, 0.1) is 46.2 Å². The average Bonchev–Trinajstić information content (AvgIpc) is 3.73. The van der Waals surface area contributed by atoms with E-state index in [1.807, 2.05) is 35.5 Å². The number of ether oxygens (including phenoxy) is 1. The lowest BCUT2D eigenvalue weighted by Crippen LogP contribution is -2.45. The number of morpholine rings is 1. The molecule has 0 radical (unpaired) electrons. The van der Waals surface area contributed by atoms with Gasteiger partial charge in [-0.3, -0.25) is 9.89 Å². The third kappa shape index (κ3) is 4.36. The molecule has 7 rings (SSSR count). The van der Waals surface area contributed by atoms with Crippen molar-refractivity contribution in [2.75, 3.05) is 50.8 Å². The molecule has 4 aromatic rings. The number of piperidine rings is 1. The Bertz CT molecular complexity index is 1420. The van der Waals surface area contributed by atoms with Gasteiger partial charge in [0.25, 0.3) is 5.91 Å². The van der Waals surface area contributed by atoms with Crippen LogP contribution in [0.4, 0.5) is 5.95 Å². The summed E-state index contributed by atoms with van der Waals surface area (Å²) in [5.41, 5.74) is 2.96. The van der Waals surface area contributed by atoms with Crippen molar-refractivity contribution >= 4 is 44.3 Å². The van der Waals surface area contributed by atoms with Crippen LogP contribution >= 0.6 is 11.3 Å². The van der Waals surface area contributed by atoms with E-state index in [0.29, 0.717) is 25.1 Å². The lowest BCUT2D eigenvalue weighted by Gasteiger charge is -2.36. The molecule has 0 spiro atoms. The second-order valence-corrected chi connectivity index (χ2v) is 11.4. The second-order valence-electron chi connectivity index (χ2n) is 10.3. The van der Waals surface area contributed by atoms with Crippen LogP contribution in [0.1, 0.15) is 47.0 Å². The van der Waals surface area contributed by atoms with Crippen molar-refractivity contribution in [3.63, 3.8) is 0 Å². The van der Waals surface area contributed by atoms with E-state index in [0.717, 1.165) is 64.0 Å². The number of rotatable bonds is 4. The number of aromatic amines is 1. The molecule has 1 aromatic carbocycles. The first-order valence-electron chi connectivity index (χ1n) is 13.3. The highest BCUT2D eigenvalue weighted by atomic mass is 32.1. The summed E-state index contributed by atoms with van der Waals surface area (Å²) in [7, 11) is 0. The molecular formula is C27H31N7O2S. The van der Waals surface area contributed by atoms with Gasteiger partial charge in [-0.2, -0.15) is 5.10 Å². The lowest BCUT2D eigenvalue weighted by atomic mass is 10.0. The van der Waals surface area contributed by atoms with Crippen molar-refractivity contribution in [1.29, 1.82) is 0 Å². The third-order valence-electron chi connectivity index (χ3n) is 8.09. The van der Waals surface area contributed by atoms with Gasteiger partial charge in [0.15, 0.2) is 0 Å².